The van der Waals surface area contributed by atoms with E-state index in [4.69, 9.17) is 4.52 Å². The topological polar surface area (TPSA) is 71.2 Å². The van der Waals surface area contributed by atoms with Crippen molar-refractivity contribution >= 4 is 0 Å². The Morgan fingerprint density at radius 2 is 2.05 bits per heavy atom. The van der Waals surface area contributed by atoms with Crippen LogP contribution < -0.4 is 5.32 Å². The van der Waals surface area contributed by atoms with Gasteiger partial charge < -0.3 is 9.63 Å². The number of hydrogen-bond acceptors (Lipinski definition) is 5. The van der Waals surface area contributed by atoms with Crippen molar-refractivity contribution in [1.29, 1.82) is 0 Å². The van der Waals surface area contributed by atoms with Crippen LogP contribution in [0.25, 0.3) is 0 Å². The number of aryl methyl sites for hydroxylation is 1. The average Bonchev–Trinajstić information content (AvgIpc) is 2.94. The second kappa shape index (κ2) is 6.63. The second-order valence-electron chi connectivity index (χ2n) is 5.06. The Bertz CT molecular complexity index is 527. The summed E-state index contributed by atoms with van der Waals surface area (Å²) in [5.74, 6) is 1.28. The first kappa shape index (κ1) is 14.7. The van der Waals surface area contributed by atoms with Gasteiger partial charge >= 0.3 is 0 Å². The Labute approximate surface area is 119 Å². The zero-order chi connectivity index (χ0) is 14.4. The molecule has 0 aliphatic rings. The lowest BCUT2D eigenvalue weighted by Gasteiger charge is -2.28. The SMILES string of the molecule is CCCc1noc(CNC(C)(CO)c2ccccc2)n1. The first-order valence-corrected chi connectivity index (χ1v) is 6.91. The molecule has 1 heterocycles. The van der Waals surface area contributed by atoms with Crippen molar-refractivity contribution < 1.29 is 9.63 Å². The molecular weight excluding hydrogens is 254 g/mol. The number of nitrogens with zero attached hydrogens (tertiary/aromatic N) is 2. The Morgan fingerprint density at radius 3 is 2.70 bits per heavy atom. The van der Waals surface area contributed by atoms with Gasteiger partial charge in [-0.1, -0.05) is 42.4 Å². The lowest BCUT2D eigenvalue weighted by molar-refractivity contribution is 0.168. The highest BCUT2D eigenvalue weighted by atomic mass is 16.5. The fourth-order valence-corrected chi connectivity index (χ4v) is 2.01. The fourth-order valence-electron chi connectivity index (χ4n) is 2.01. The molecule has 2 aromatic rings. The molecule has 0 saturated heterocycles. The third kappa shape index (κ3) is 3.43. The van der Waals surface area contributed by atoms with Crippen LogP contribution in [0, 0.1) is 0 Å². The molecule has 0 aliphatic carbocycles. The van der Waals surface area contributed by atoms with Crippen LogP contribution in [0.5, 0.6) is 0 Å². The van der Waals surface area contributed by atoms with E-state index >= 15 is 0 Å². The quantitative estimate of drug-likeness (QED) is 0.809. The summed E-state index contributed by atoms with van der Waals surface area (Å²) < 4.78 is 5.19. The molecule has 1 unspecified atom stereocenters. The van der Waals surface area contributed by atoms with E-state index in [2.05, 4.69) is 22.4 Å². The molecule has 0 amide bonds. The molecule has 0 spiro atoms. The third-order valence-corrected chi connectivity index (χ3v) is 3.34. The highest BCUT2D eigenvalue weighted by molar-refractivity contribution is 5.23. The van der Waals surface area contributed by atoms with E-state index < -0.39 is 5.54 Å². The zero-order valence-corrected chi connectivity index (χ0v) is 12.0. The van der Waals surface area contributed by atoms with Gasteiger partial charge in [-0.2, -0.15) is 4.98 Å². The number of hydrogen-bond donors (Lipinski definition) is 2. The molecule has 1 aromatic heterocycles. The van der Waals surface area contributed by atoms with E-state index in [0.717, 1.165) is 24.2 Å². The summed E-state index contributed by atoms with van der Waals surface area (Å²) in [5.41, 5.74) is 0.497. The monoisotopic (exact) mass is 275 g/mol. The molecule has 0 aliphatic heterocycles. The molecule has 108 valence electrons. The van der Waals surface area contributed by atoms with Crippen molar-refractivity contribution in [1.82, 2.24) is 15.5 Å². The molecule has 1 atom stereocenters. The van der Waals surface area contributed by atoms with E-state index in [1.807, 2.05) is 37.3 Å². The summed E-state index contributed by atoms with van der Waals surface area (Å²) in [6, 6.07) is 9.84. The van der Waals surface area contributed by atoms with E-state index in [9.17, 15) is 5.11 Å². The van der Waals surface area contributed by atoms with Crippen LogP contribution in [0.4, 0.5) is 0 Å². The summed E-state index contributed by atoms with van der Waals surface area (Å²) in [5, 5.41) is 16.9. The number of aromatic nitrogens is 2. The maximum absolute atomic E-state index is 9.68. The van der Waals surface area contributed by atoms with Gasteiger partial charge in [0.15, 0.2) is 5.82 Å². The minimum atomic E-state index is -0.527. The minimum Gasteiger partial charge on any atom is -0.394 e. The Morgan fingerprint density at radius 1 is 1.30 bits per heavy atom. The molecule has 0 saturated carbocycles. The van der Waals surface area contributed by atoms with E-state index in [1.165, 1.54) is 0 Å². The van der Waals surface area contributed by atoms with Crippen molar-refractivity contribution in [2.24, 2.45) is 0 Å². The summed E-state index contributed by atoms with van der Waals surface area (Å²) in [6.07, 6.45) is 1.81. The Balaban J connectivity index is 2.03. The maximum Gasteiger partial charge on any atom is 0.240 e. The Hall–Kier alpha value is -1.72. The van der Waals surface area contributed by atoms with E-state index in [-0.39, 0.29) is 6.61 Å². The molecule has 0 fully saturated rings. The summed E-state index contributed by atoms with van der Waals surface area (Å²) in [6.45, 7) is 4.45. The van der Waals surface area contributed by atoms with Gasteiger partial charge in [0.2, 0.25) is 5.89 Å². The second-order valence-corrected chi connectivity index (χ2v) is 5.06. The molecule has 2 rings (SSSR count). The fraction of sp³-hybridized carbons (Fsp3) is 0.467. The first-order valence-electron chi connectivity index (χ1n) is 6.91. The third-order valence-electron chi connectivity index (χ3n) is 3.34. The lowest BCUT2D eigenvalue weighted by Crippen LogP contribution is -2.42. The number of benzene rings is 1. The van der Waals surface area contributed by atoms with Gasteiger partial charge in [0, 0.05) is 6.42 Å². The van der Waals surface area contributed by atoms with Crippen molar-refractivity contribution in [3.8, 4) is 0 Å². The van der Waals surface area contributed by atoms with Gasteiger partial charge in [-0.3, -0.25) is 5.32 Å². The van der Waals surface area contributed by atoms with Gasteiger partial charge in [-0.25, -0.2) is 0 Å². The molecule has 20 heavy (non-hydrogen) atoms. The zero-order valence-electron chi connectivity index (χ0n) is 12.0. The largest absolute Gasteiger partial charge is 0.394 e. The van der Waals surface area contributed by atoms with Crippen molar-refractivity contribution in [2.75, 3.05) is 6.61 Å². The highest BCUT2D eigenvalue weighted by Gasteiger charge is 2.25. The van der Waals surface area contributed by atoms with Crippen molar-refractivity contribution in [3.63, 3.8) is 0 Å². The van der Waals surface area contributed by atoms with Gasteiger partial charge in [0.05, 0.1) is 18.7 Å². The summed E-state index contributed by atoms with van der Waals surface area (Å²) >= 11 is 0. The summed E-state index contributed by atoms with van der Waals surface area (Å²) in [7, 11) is 0. The molecule has 0 bridgehead atoms. The number of aliphatic hydroxyl groups excluding tert-OH is 1. The Kier molecular flexibility index (Phi) is 4.87. The average molecular weight is 275 g/mol. The molecule has 1 aromatic carbocycles. The van der Waals surface area contributed by atoms with Crippen LogP contribution in [0.1, 0.15) is 37.5 Å². The smallest absolute Gasteiger partial charge is 0.240 e. The van der Waals surface area contributed by atoms with Crippen LogP contribution in [0.2, 0.25) is 0 Å². The molecule has 5 heteroatoms. The molecular formula is C15H21N3O2. The predicted molar refractivity (Wildman–Crippen MR) is 76.0 cm³/mol. The molecule has 0 radical (unpaired) electrons. The normalized spacial score (nSPS) is 14.2. The van der Waals surface area contributed by atoms with Crippen molar-refractivity contribution in [2.45, 2.75) is 38.8 Å². The number of rotatable bonds is 7. The number of nitrogens with one attached hydrogen (secondary N) is 1. The predicted octanol–water partition coefficient (Wildman–Crippen LogP) is 2.02. The van der Waals surface area contributed by atoms with Gasteiger partial charge in [-0.05, 0) is 18.9 Å². The maximum atomic E-state index is 9.68. The van der Waals surface area contributed by atoms with E-state index in [1.54, 1.807) is 0 Å². The van der Waals surface area contributed by atoms with E-state index in [0.29, 0.717) is 12.4 Å². The van der Waals surface area contributed by atoms with Gasteiger partial charge in [-0.15, -0.1) is 0 Å². The summed E-state index contributed by atoms with van der Waals surface area (Å²) in [4.78, 5) is 4.31. The van der Waals surface area contributed by atoms with Crippen LogP contribution in [0.15, 0.2) is 34.9 Å². The molecule has 2 N–H and O–H groups in total. The van der Waals surface area contributed by atoms with Crippen LogP contribution in [-0.4, -0.2) is 21.9 Å². The first-order chi connectivity index (χ1) is 9.68. The van der Waals surface area contributed by atoms with Gasteiger partial charge in [0.25, 0.3) is 0 Å². The lowest BCUT2D eigenvalue weighted by atomic mass is 9.93. The highest BCUT2D eigenvalue weighted by Crippen LogP contribution is 2.20. The van der Waals surface area contributed by atoms with Crippen LogP contribution in [-0.2, 0) is 18.5 Å². The standard InChI is InChI=1S/C15H21N3O2/c1-3-7-13-17-14(20-18-13)10-16-15(2,11-19)12-8-5-4-6-9-12/h4-6,8-9,16,19H,3,7,10-11H2,1-2H3. The minimum absolute atomic E-state index is 0.00698. The van der Waals surface area contributed by atoms with Crippen LogP contribution >= 0.6 is 0 Å². The van der Waals surface area contributed by atoms with Crippen molar-refractivity contribution in [3.05, 3.63) is 47.6 Å². The number of aliphatic hydroxyl groups is 1. The molecule has 5 nitrogen and oxygen atoms in total. The van der Waals surface area contributed by atoms with Crippen LogP contribution in [0.3, 0.4) is 0 Å². The van der Waals surface area contributed by atoms with Gasteiger partial charge in [0.1, 0.15) is 0 Å².